The van der Waals surface area contributed by atoms with Crippen LogP contribution >= 0.6 is 15.9 Å². The minimum absolute atomic E-state index is 0.144. The van der Waals surface area contributed by atoms with Crippen LogP contribution in [0.25, 0.3) is 5.57 Å². The number of rotatable bonds is 3. The molecule has 2 aromatic rings. The van der Waals surface area contributed by atoms with Gasteiger partial charge in [-0.05, 0) is 45.1 Å². The molecule has 0 N–H and O–H groups in total. The first-order chi connectivity index (χ1) is 13.5. The SMILES string of the molecule is COC(=O)C1(C(=O)OC)CC2C(=C1c1ccccc1)COc1c(Br)cccc12. The van der Waals surface area contributed by atoms with Crippen molar-refractivity contribution in [3.8, 4) is 5.75 Å². The summed E-state index contributed by atoms with van der Waals surface area (Å²) in [4.78, 5) is 26.1. The number of halogens is 1. The van der Waals surface area contributed by atoms with Crippen molar-refractivity contribution in [2.24, 2.45) is 5.41 Å². The number of ether oxygens (including phenoxy) is 3. The molecule has 144 valence electrons. The van der Waals surface area contributed by atoms with Crippen LogP contribution < -0.4 is 4.74 Å². The molecule has 4 rings (SSSR count). The summed E-state index contributed by atoms with van der Waals surface area (Å²) in [5.74, 6) is -0.628. The molecule has 2 aliphatic rings. The average molecular weight is 443 g/mol. The third-order valence-corrected chi connectivity index (χ3v) is 6.18. The summed E-state index contributed by atoms with van der Waals surface area (Å²) in [6.45, 7) is 0.292. The zero-order valence-electron chi connectivity index (χ0n) is 15.5. The Morgan fingerprint density at radius 2 is 1.71 bits per heavy atom. The van der Waals surface area contributed by atoms with Gasteiger partial charge in [-0.15, -0.1) is 0 Å². The summed E-state index contributed by atoms with van der Waals surface area (Å²) in [5.41, 5.74) is 1.74. The van der Waals surface area contributed by atoms with Crippen LogP contribution in [0.5, 0.6) is 5.75 Å². The van der Waals surface area contributed by atoms with Crippen molar-refractivity contribution < 1.29 is 23.8 Å². The zero-order chi connectivity index (χ0) is 19.9. The van der Waals surface area contributed by atoms with Crippen LogP contribution in [-0.4, -0.2) is 32.8 Å². The summed E-state index contributed by atoms with van der Waals surface area (Å²) >= 11 is 3.53. The fourth-order valence-corrected chi connectivity index (χ4v) is 4.89. The van der Waals surface area contributed by atoms with Gasteiger partial charge in [-0.2, -0.15) is 0 Å². The summed E-state index contributed by atoms with van der Waals surface area (Å²) < 4.78 is 17.1. The smallest absolute Gasteiger partial charge is 0.327 e. The molecular weight excluding hydrogens is 424 g/mol. The predicted octanol–water partition coefficient (Wildman–Crippen LogP) is 4.12. The molecule has 0 amide bonds. The molecule has 0 bridgehead atoms. The van der Waals surface area contributed by atoms with Gasteiger partial charge in [0.15, 0.2) is 5.41 Å². The molecule has 2 aromatic carbocycles. The van der Waals surface area contributed by atoms with Crippen LogP contribution in [0.4, 0.5) is 0 Å². The molecule has 1 unspecified atom stereocenters. The minimum Gasteiger partial charge on any atom is -0.488 e. The zero-order valence-corrected chi connectivity index (χ0v) is 17.1. The van der Waals surface area contributed by atoms with Gasteiger partial charge in [0.2, 0.25) is 0 Å². The normalized spacial score (nSPS) is 19.3. The van der Waals surface area contributed by atoms with Crippen molar-refractivity contribution in [2.75, 3.05) is 20.8 Å². The van der Waals surface area contributed by atoms with E-state index in [-0.39, 0.29) is 12.3 Å². The lowest BCUT2D eigenvalue weighted by molar-refractivity contribution is -0.164. The van der Waals surface area contributed by atoms with E-state index in [1.54, 1.807) is 0 Å². The van der Waals surface area contributed by atoms with E-state index in [0.29, 0.717) is 12.2 Å². The number of carbonyl (C=O) groups excluding carboxylic acids is 2. The Labute approximate surface area is 171 Å². The van der Waals surface area contributed by atoms with Crippen molar-refractivity contribution in [3.63, 3.8) is 0 Å². The van der Waals surface area contributed by atoms with E-state index < -0.39 is 17.4 Å². The van der Waals surface area contributed by atoms with Gasteiger partial charge in [0.1, 0.15) is 12.4 Å². The highest BCUT2D eigenvalue weighted by molar-refractivity contribution is 9.10. The van der Waals surface area contributed by atoms with E-state index in [2.05, 4.69) is 15.9 Å². The molecule has 6 heteroatoms. The lowest BCUT2D eigenvalue weighted by Crippen LogP contribution is -2.41. The third kappa shape index (κ3) is 2.58. The lowest BCUT2D eigenvalue weighted by atomic mass is 9.76. The maximum absolute atomic E-state index is 13.0. The van der Waals surface area contributed by atoms with Crippen LogP contribution in [0.2, 0.25) is 0 Å². The van der Waals surface area contributed by atoms with Crippen LogP contribution in [0, 0.1) is 5.41 Å². The van der Waals surface area contributed by atoms with Gasteiger partial charge < -0.3 is 14.2 Å². The number of fused-ring (bicyclic) bond motifs is 3. The number of esters is 2. The number of hydrogen-bond donors (Lipinski definition) is 0. The van der Waals surface area contributed by atoms with Crippen molar-refractivity contribution >= 4 is 33.4 Å². The van der Waals surface area contributed by atoms with Gasteiger partial charge in [0, 0.05) is 11.5 Å². The van der Waals surface area contributed by atoms with Gasteiger partial charge in [0.05, 0.1) is 18.7 Å². The van der Waals surface area contributed by atoms with Gasteiger partial charge in [-0.25, -0.2) is 0 Å². The topological polar surface area (TPSA) is 61.8 Å². The highest BCUT2D eigenvalue weighted by atomic mass is 79.9. The van der Waals surface area contributed by atoms with Crippen LogP contribution in [0.1, 0.15) is 23.5 Å². The minimum atomic E-state index is -1.53. The Bertz CT molecular complexity index is 964. The molecule has 1 aliphatic carbocycles. The monoisotopic (exact) mass is 442 g/mol. The predicted molar refractivity (Wildman–Crippen MR) is 107 cm³/mol. The summed E-state index contributed by atoms with van der Waals surface area (Å²) in [6.07, 6.45) is 0.249. The fourth-order valence-electron chi connectivity index (χ4n) is 4.39. The van der Waals surface area contributed by atoms with E-state index in [1.165, 1.54) is 14.2 Å². The van der Waals surface area contributed by atoms with Gasteiger partial charge >= 0.3 is 11.9 Å². The number of para-hydroxylation sites is 1. The van der Waals surface area contributed by atoms with Crippen LogP contribution in [-0.2, 0) is 19.1 Å². The molecular formula is C22H19BrO5. The van der Waals surface area contributed by atoms with E-state index in [9.17, 15) is 9.59 Å². The first-order valence-corrected chi connectivity index (χ1v) is 9.71. The first kappa shape index (κ1) is 18.7. The van der Waals surface area contributed by atoms with E-state index in [0.717, 1.165) is 26.9 Å². The van der Waals surface area contributed by atoms with E-state index in [1.807, 2.05) is 48.5 Å². The molecule has 1 atom stereocenters. The Morgan fingerprint density at radius 3 is 2.36 bits per heavy atom. The second kappa shape index (κ2) is 7.09. The third-order valence-electron chi connectivity index (χ3n) is 5.55. The Hall–Kier alpha value is -2.60. The van der Waals surface area contributed by atoms with Gasteiger partial charge in [0.25, 0.3) is 0 Å². The standard InChI is InChI=1S/C22H19BrO5/c1-26-20(24)22(21(25)27-2)11-15-14-9-6-10-17(23)19(14)28-12-16(15)18(22)13-7-4-3-5-8-13/h3-10,15H,11-12H2,1-2H3. The Balaban J connectivity index is 2.01. The molecule has 28 heavy (non-hydrogen) atoms. The van der Waals surface area contributed by atoms with Crippen molar-refractivity contribution in [2.45, 2.75) is 12.3 Å². The second-order valence-corrected chi connectivity index (χ2v) is 7.71. The first-order valence-electron chi connectivity index (χ1n) is 8.91. The number of methoxy groups -OCH3 is 2. The average Bonchev–Trinajstić information content (AvgIpc) is 3.10. The quantitative estimate of drug-likeness (QED) is 0.528. The molecule has 1 aliphatic heterocycles. The molecule has 1 heterocycles. The highest BCUT2D eigenvalue weighted by Gasteiger charge is 2.60. The maximum Gasteiger partial charge on any atom is 0.327 e. The molecule has 5 nitrogen and oxygen atoms in total. The number of benzene rings is 2. The largest absolute Gasteiger partial charge is 0.488 e. The van der Waals surface area contributed by atoms with E-state index in [4.69, 9.17) is 14.2 Å². The molecule has 0 aromatic heterocycles. The van der Waals surface area contributed by atoms with Crippen LogP contribution in [0.3, 0.4) is 0 Å². The number of hydrogen-bond acceptors (Lipinski definition) is 5. The van der Waals surface area contributed by atoms with Gasteiger partial charge in [-0.3, -0.25) is 9.59 Å². The van der Waals surface area contributed by atoms with Crippen LogP contribution in [0.15, 0.2) is 58.6 Å². The summed E-state index contributed by atoms with van der Waals surface area (Å²) in [6, 6.07) is 15.2. The molecule has 0 fully saturated rings. The second-order valence-electron chi connectivity index (χ2n) is 6.86. The molecule has 0 spiro atoms. The molecule has 0 saturated heterocycles. The highest BCUT2D eigenvalue weighted by Crippen LogP contribution is 2.59. The van der Waals surface area contributed by atoms with Gasteiger partial charge in [-0.1, -0.05) is 42.5 Å². The Morgan fingerprint density at radius 1 is 1.04 bits per heavy atom. The fraction of sp³-hybridized carbons (Fsp3) is 0.273. The Kier molecular flexibility index (Phi) is 4.75. The van der Waals surface area contributed by atoms with Crippen molar-refractivity contribution in [1.29, 1.82) is 0 Å². The van der Waals surface area contributed by atoms with Crippen molar-refractivity contribution in [3.05, 3.63) is 69.7 Å². The van der Waals surface area contributed by atoms with E-state index >= 15 is 0 Å². The maximum atomic E-state index is 13.0. The van der Waals surface area contributed by atoms with Crippen molar-refractivity contribution in [1.82, 2.24) is 0 Å². The summed E-state index contributed by atoms with van der Waals surface area (Å²) in [5, 5.41) is 0. The molecule has 0 saturated carbocycles. The lowest BCUT2D eigenvalue weighted by Gasteiger charge is -2.27. The number of carbonyl (C=O) groups is 2. The summed E-state index contributed by atoms with van der Waals surface area (Å²) in [7, 11) is 2.59. The molecule has 0 radical (unpaired) electrons.